The van der Waals surface area contributed by atoms with Gasteiger partial charge in [-0.15, -0.1) is 0 Å². The van der Waals surface area contributed by atoms with Crippen LogP contribution in [0.25, 0.3) is 6.08 Å². The summed E-state index contributed by atoms with van der Waals surface area (Å²) in [5.41, 5.74) is 0.821. The molecule has 0 spiro atoms. The molecule has 0 unspecified atom stereocenters. The zero-order valence-electron chi connectivity index (χ0n) is 11.3. The Morgan fingerprint density at radius 3 is 2.81 bits per heavy atom. The summed E-state index contributed by atoms with van der Waals surface area (Å²) in [4.78, 5) is 14.5. The fraction of sp³-hybridized carbons (Fsp3) is 0.286. The smallest absolute Gasteiger partial charge is 0.266 e. The maximum Gasteiger partial charge on any atom is 0.266 e. The van der Waals surface area contributed by atoms with Gasteiger partial charge in [0.15, 0.2) is 0 Å². The Morgan fingerprint density at radius 2 is 2.14 bits per heavy atom. The molecule has 3 nitrogen and oxygen atoms in total. The summed E-state index contributed by atoms with van der Waals surface area (Å²) in [5, 5.41) is 0.946. The predicted octanol–water partition coefficient (Wildman–Crippen LogP) is 4.23. The second-order valence-electron chi connectivity index (χ2n) is 4.35. The Morgan fingerprint density at radius 1 is 1.38 bits per heavy atom. The number of methoxy groups -OCH3 is 1. The first-order valence-corrected chi connectivity index (χ1v) is 8.20. The van der Waals surface area contributed by atoms with Crippen molar-refractivity contribution in [3.63, 3.8) is 0 Å². The number of hydrogen-bond acceptors (Lipinski definition) is 4. The van der Waals surface area contributed by atoms with E-state index in [1.807, 2.05) is 6.07 Å². The molecule has 1 aliphatic heterocycles. The number of benzene rings is 1. The second kappa shape index (κ2) is 7.61. The topological polar surface area (TPSA) is 29.5 Å². The highest BCUT2D eigenvalue weighted by molar-refractivity contribution is 8.26. The lowest BCUT2D eigenvalue weighted by Gasteiger charge is -2.13. The minimum atomic E-state index is -0.0767. The van der Waals surface area contributed by atoms with Crippen LogP contribution in [0.15, 0.2) is 23.1 Å². The molecule has 1 aromatic carbocycles. The number of halogens is 2. The molecular formula is C14H13Cl2NO2S2. The number of ether oxygens (including phenoxy) is 1. The number of nitrogens with zero attached hydrogens (tertiary/aromatic N) is 1. The van der Waals surface area contributed by atoms with Gasteiger partial charge in [-0.1, -0.05) is 53.2 Å². The quantitative estimate of drug-likeness (QED) is 0.445. The van der Waals surface area contributed by atoms with Crippen LogP contribution in [-0.4, -0.2) is 35.4 Å². The minimum absolute atomic E-state index is 0.0767. The SMILES string of the molecule is COCCCN1C(=O)/C(=C/c2ccc(Cl)c(Cl)c2)SC1=S. The van der Waals surface area contributed by atoms with Crippen molar-refractivity contribution in [2.24, 2.45) is 0 Å². The van der Waals surface area contributed by atoms with E-state index in [1.165, 1.54) is 11.8 Å². The van der Waals surface area contributed by atoms with Crippen LogP contribution >= 0.6 is 47.2 Å². The zero-order chi connectivity index (χ0) is 15.4. The molecule has 0 atom stereocenters. The molecule has 1 aromatic rings. The van der Waals surface area contributed by atoms with Gasteiger partial charge >= 0.3 is 0 Å². The summed E-state index contributed by atoms with van der Waals surface area (Å²) < 4.78 is 5.56. The highest BCUT2D eigenvalue weighted by Gasteiger charge is 2.31. The monoisotopic (exact) mass is 361 g/mol. The number of carbonyl (C=O) groups excluding carboxylic acids is 1. The highest BCUT2D eigenvalue weighted by Crippen LogP contribution is 2.33. The van der Waals surface area contributed by atoms with Gasteiger partial charge in [0.2, 0.25) is 0 Å². The highest BCUT2D eigenvalue weighted by atomic mass is 35.5. The van der Waals surface area contributed by atoms with Gasteiger partial charge in [-0.25, -0.2) is 0 Å². The number of thiocarbonyl (C=S) groups is 1. The van der Waals surface area contributed by atoms with Crippen LogP contribution in [0.5, 0.6) is 0 Å². The molecule has 0 aliphatic carbocycles. The maximum absolute atomic E-state index is 12.3. The minimum Gasteiger partial charge on any atom is -0.385 e. The lowest BCUT2D eigenvalue weighted by Crippen LogP contribution is -2.29. The first-order valence-electron chi connectivity index (χ1n) is 6.22. The second-order valence-corrected chi connectivity index (χ2v) is 6.84. The van der Waals surface area contributed by atoms with Crippen LogP contribution in [0.1, 0.15) is 12.0 Å². The molecule has 7 heteroatoms. The van der Waals surface area contributed by atoms with Gasteiger partial charge < -0.3 is 4.74 Å². The summed E-state index contributed by atoms with van der Waals surface area (Å²) in [5.74, 6) is -0.0767. The summed E-state index contributed by atoms with van der Waals surface area (Å²) in [6.45, 7) is 1.17. The van der Waals surface area contributed by atoms with Crippen molar-refractivity contribution in [3.05, 3.63) is 38.7 Å². The molecule has 0 aromatic heterocycles. The molecule has 0 N–H and O–H groups in total. The van der Waals surface area contributed by atoms with Crippen LogP contribution in [-0.2, 0) is 9.53 Å². The normalized spacial score (nSPS) is 17.1. The molecule has 0 bridgehead atoms. The van der Waals surface area contributed by atoms with Crippen LogP contribution in [0.3, 0.4) is 0 Å². The molecule has 1 heterocycles. The molecule has 0 radical (unpaired) electrons. The summed E-state index contributed by atoms with van der Waals surface area (Å²) in [6, 6.07) is 5.24. The first kappa shape index (κ1) is 16.8. The van der Waals surface area contributed by atoms with Crippen molar-refractivity contribution in [2.45, 2.75) is 6.42 Å². The van der Waals surface area contributed by atoms with Crippen LogP contribution in [0, 0.1) is 0 Å². The van der Waals surface area contributed by atoms with Crippen LogP contribution < -0.4 is 0 Å². The van der Waals surface area contributed by atoms with E-state index in [2.05, 4.69) is 0 Å². The fourth-order valence-electron chi connectivity index (χ4n) is 1.81. The Balaban J connectivity index is 2.13. The van der Waals surface area contributed by atoms with Crippen molar-refractivity contribution in [1.29, 1.82) is 0 Å². The van der Waals surface area contributed by atoms with Gasteiger partial charge in [0.1, 0.15) is 4.32 Å². The summed E-state index contributed by atoms with van der Waals surface area (Å²) in [7, 11) is 1.63. The first-order chi connectivity index (χ1) is 10.0. The fourth-order valence-corrected chi connectivity index (χ4v) is 3.43. The molecule has 1 fully saturated rings. The molecule has 0 saturated carbocycles. The van der Waals surface area contributed by atoms with E-state index in [-0.39, 0.29) is 5.91 Å². The standard InChI is InChI=1S/C14H13Cl2NO2S2/c1-19-6-2-5-17-13(18)12(21-14(17)20)8-9-3-4-10(15)11(16)7-9/h3-4,7-8H,2,5-6H2,1H3/b12-8-. The molecule has 21 heavy (non-hydrogen) atoms. The van der Waals surface area contributed by atoms with Crippen molar-refractivity contribution < 1.29 is 9.53 Å². The molecular weight excluding hydrogens is 349 g/mol. The van der Waals surface area contributed by atoms with Crippen molar-refractivity contribution in [3.8, 4) is 0 Å². The molecule has 1 amide bonds. The van der Waals surface area contributed by atoms with Crippen LogP contribution in [0.4, 0.5) is 0 Å². The third-order valence-corrected chi connectivity index (χ3v) is 4.96. The largest absolute Gasteiger partial charge is 0.385 e. The summed E-state index contributed by atoms with van der Waals surface area (Å²) >= 11 is 18.4. The predicted molar refractivity (Wildman–Crippen MR) is 92.8 cm³/mol. The van der Waals surface area contributed by atoms with E-state index < -0.39 is 0 Å². The van der Waals surface area contributed by atoms with Gasteiger partial charge in [0.25, 0.3) is 5.91 Å². The number of hydrogen-bond donors (Lipinski definition) is 0. The average Bonchev–Trinajstić information content (AvgIpc) is 2.70. The van der Waals surface area contributed by atoms with E-state index in [4.69, 9.17) is 40.2 Å². The Kier molecular flexibility index (Phi) is 6.08. The van der Waals surface area contributed by atoms with Crippen LogP contribution in [0.2, 0.25) is 10.0 Å². The number of amides is 1. The van der Waals surface area contributed by atoms with Gasteiger partial charge in [0, 0.05) is 20.3 Å². The summed E-state index contributed by atoms with van der Waals surface area (Å²) in [6.07, 6.45) is 2.53. The van der Waals surface area contributed by atoms with Crippen molar-refractivity contribution in [1.82, 2.24) is 4.90 Å². The molecule has 1 saturated heterocycles. The molecule has 2 rings (SSSR count). The lowest BCUT2D eigenvalue weighted by molar-refractivity contribution is -0.122. The van der Waals surface area contributed by atoms with E-state index in [0.717, 1.165) is 12.0 Å². The van der Waals surface area contributed by atoms with E-state index in [1.54, 1.807) is 30.2 Å². The van der Waals surface area contributed by atoms with E-state index >= 15 is 0 Å². The van der Waals surface area contributed by atoms with Gasteiger partial charge in [-0.05, 0) is 30.2 Å². The Hall–Kier alpha value is -0.590. The van der Waals surface area contributed by atoms with Gasteiger partial charge in [-0.3, -0.25) is 9.69 Å². The Labute approximate surface area is 143 Å². The van der Waals surface area contributed by atoms with E-state index in [9.17, 15) is 4.79 Å². The van der Waals surface area contributed by atoms with Gasteiger partial charge in [0.05, 0.1) is 15.0 Å². The third kappa shape index (κ3) is 4.20. The molecule has 1 aliphatic rings. The third-order valence-electron chi connectivity index (χ3n) is 2.85. The number of rotatable bonds is 5. The van der Waals surface area contributed by atoms with E-state index in [0.29, 0.717) is 32.4 Å². The van der Waals surface area contributed by atoms with Crippen molar-refractivity contribution >= 4 is 63.5 Å². The number of thioether (sulfide) groups is 1. The molecule has 112 valence electrons. The average molecular weight is 362 g/mol. The van der Waals surface area contributed by atoms with Crippen molar-refractivity contribution in [2.75, 3.05) is 20.3 Å². The zero-order valence-corrected chi connectivity index (χ0v) is 14.4. The van der Waals surface area contributed by atoms with Gasteiger partial charge in [-0.2, -0.15) is 0 Å². The maximum atomic E-state index is 12.3. The Bertz CT molecular complexity index is 605. The number of carbonyl (C=O) groups is 1. The lowest BCUT2D eigenvalue weighted by atomic mass is 10.2.